The molecule has 258 valence electrons. The largest absolute Gasteiger partial charge is 0.490 e. The minimum absolute atomic E-state index is 0.0221. The minimum atomic E-state index is -5.82. The number of para-hydroxylation sites is 1. The van der Waals surface area contributed by atoms with Crippen LogP contribution in [0.2, 0.25) is 0 Å². The van der Waals surface area contributed by atoms with E-state index >= 15 is 0 Å². The lowest BCUT2D eigenvalue weighted by Crippen LogP contribution is -2.41. The predicted octanol–water partition coefficient (Wildman–Crippen LogP) is -0.423. The van der Waals surface area contributed by atoms with E-state index in [1.165, 1.54) is 10.9 Å². The van der Waals surface area contributed by atoms with Gasteiger partial charge in [-0.2, -0.15) is 8.62 Å². The summed E-state index contributed by atoms with van der Waals surface area (Å²) in [4.78, 5) is 73.7. The highest BCUT2D eigenvalue weighted by molar-refractivity contribution is 7.66. The number of alkyl carbamates (subject to hydrolysis) is 1. The van der Waals surface area contributed by atoms with E-state index in [1.54, 1.807) is 31.3 Å². The first-order chi connectivity index (χ1) is 22.0. The number of phosphoric acid groups is 3. The van der Waals surface area contributed by atoms with Gasteiger partial charge in [-0.05, 0) is 12.1 Å². The molecule has 1 aliphatic rings. The van der Waals surface area contributed by atoms with E-state index in [0.717, 1.165) is 6.33 Å². The summed E-state index contributed by atoms with van der Waals surface area (Å²) in [6, 6.07) is 6.73. The number of imidazole rings is 1. The zero-order chi connectivity index (χ0) is 34.6. The Hall–Kier alpha value is -3.56. The lowest BCUT2D eigenvalue weighted by Gasteiger charge is -2.22. The number of nitrogens with zero attached hydrogens (tertiary/aromatic N) is 4. The van der Waals surface area contributed by atoms with Crippen LogP contribution in [0, 0.1) is 0 Å². The smallest absolute Gasteiger partial charge is 0.439 e. The zero-order valence-electron chi connectivity index (χ0n) is 23.9. The normalized spacial score (nSPS) is 22.3. The highest BCUT2D eigenvalue weighted by Crippen LogP contribution is 2.66. The number of hydrogen-bond donors (Lipinski definition) is 9. The van der Waals surface area contributed by atoms with Crippen molar-refractivity contribution in [3.05, 3.63) is 42.5 Å². The average molecular weight is 726 g/mol. The van der Waals surface area contributed by atoms with E-state index in [0.29, 0.717) is 11.3 Å². The van der Waals surface area contributed by atoms with Gasteiger partial charge in [0.1, 0.15) is 24.1 Å². The fraction of sp³-hybridized carbons (Fsp3) is 0.381. The fourth-order valence-corrected chi connectivity index (χ4v) is 7.26. The summed E-state index contributed by atoms with van der Waals surface area (Å²) < 4.78 is 58.9. The van der Waals surface area contributed by atoms with Crippen molar-refractivity contribution < 1.29 is 70.6 Å². The number of nitrogens with one attached hydrogen (secondary N) is 3. The maximum Gasteiger partial charge on any atom is 0.490 e. The molecule has 0 radical (unpaired) electrons. The Balaban J connectivity index is 1.43. The van der Waals surface area contributed by atoms with Crippen LogP contribution in [0.15, 0.2) is 36.9 Å². The summed E-state index contributed by atoms with van der Waals surface area (Å²) in [6.45, 7) is -1.20. The molecule has 2 aromatic heterocycles. The van der Waals surface area contributed by atoms with Crippen LogP contribution in [0.5, 0.6) is 0 Å². The lowest BCUT2D eigenvalue weighted by molar-refractivity contribution is -0.0522. The topological polar surface area (TPSA) is 338 Å². The van der Waals surface area contributed by atoms with Gasteiger partial charge in [-0.15, -0.1) is 0 Å². The number of aliphatic hydroxyl groups is 1. The Bertz CT molecular complexity index is 1750. The fourth-order valence-electron chi connectivity index (χ4n) is 4.23. The number of anilines is 2. The molecule has 26 heteroatoms. The molecule has 10 N–H and O–H groups in total. The van der Waals surface area contributed by atoms with Gasteiger partial charge in [-0.25, -0.2) is 33.4 Å². The van der Waals surface area contributed by atoms with Crippen LogP contribution >= 0.6 is 23.5 Å². The van der Waals surface area contributed by atoms with Gasteiger partial charge in [0, 0.05) is 25.8 Å². The molecular weight excluding hydrogens is 697 g/mol. The molecule has 23 nitrogen and oxygen atoms in total. The monoisotopic (exact) mass is 726 g/mol. The second-order valence-electron chi connectivity index (χ2n) is 9.37. The Morgan fingerprint density at radius 3 is 2.43 bits per heavy atom. The third-order valence-electron chi connectivity index (χ3n) is 6.16. The van der Waals surface area contributed by atoms with Gasteiger partial charge in [0.2, 0.25) is 0 Å². The molecule has 1 saturated heterocycles. The Morgan fingerprint density at radius 1 is 1.02 bits per heavy atom. The molecule has 1 fully saturated rings. The number of hydrogen-bond acceptors (Lipinski definition) is 16. The number of phosphoric ester groups is 1. The second kappa shape index (κ2) is 14.7. The molecule has 1 aliphatic heterocycles. The molecule has 3 heterocycles. The second-order valence-corrected chi connectivity index (χ2v) is 13.8. The molecule has 0 aliphatic carbocycles. The van der Waals surface area contributed by atoms with Crippen LogP contribution in [0.4, 0.5) is 16.3 Å². The van der Waals surface area contributed by atoms with Gasteiger partial charge < -0.3 is 55.8 Å². The molecule has 6 atom stereocenters. The number of ether oxygens (including phenoxy) is 2. The number of nitrogens with two attached hydrogens (primary N) is 1. The molecule has 1 aromatic carbocycles. The summed E-state index contributed by atoms with van der Waals surface area (Å²) >= 11 is 0. The van der Waals surface area contributed by atoms with E-state index in [4.69, 9.17) is 25.0 Å². The summed E-state index contributed by atoms with van der Waals surface area (Å²) in [5.74, 6) is -0.442. The highest BCUT2D eigenvalue weighted by Gasteiger charge is 2.49. The molecule has 0 spiro atoms. The third-order valence-corrected chi connectivity index (χ3v) is 9.96. The van der Waals surface area contributed by atoms with Crippen molar-refractivity contribution >= 4 is 58.1 Å². The van der Waals surface area contributed by atoms with Crippen molar-refractivity contribution in [2.24, 2.45) is 0 Å². The number of benzene rings is 1. The first kappa shape index (κ1) is 36.3. The van der Waals surface area contributed by atoms with Crippen LogP contribution < -0.4 is 21.7 Å². The SMILES string of the molecule is CNc1ccccc1C(=O)NCCNC(=O)O[C@@H]1[C@H](O)[C@@H](COP(=O)(O)OP(=O)(O)OP(=O)(O)O)O[C@H]1n1cnc2c(N)ncnc21. The van der Waals surface area contributed by atoms with Gasteiger partial charge in [-0.3, -0.25) is 13.9 Å². The molecule has 0 bridgehead atoms. The number of amides is 2. The number of carbonyl (C=O) groups excluding carboxylic acids is 2. The van der Waals surface area contributed by atoms with Crippen molar-refractivity contribution in [2.45, 2.75) is 24.5 Å². The van der Waals surface area contributed by atoms with Crippen LogP contribution in [-0.4, -0.2) is 101 Å². The maximum absolute atomic E-state index is 12.7. The standard InChI is InChI=1S/C21H29N8O15P3/c1-23-12-5-3-2-4-11(12)19(31)24-6-7-25-21(32)42-16-15(30)13(8-40-46(36,37)44-47(38,39)43-45(33,34)35)41-20(16)29-10-28-14-17(22)26-9-27-18(14)29/h2-5,9-10,13,15-16,20,23,30H,6-8H2,1H3,(H,24,31)(H,25,32)(H,36,37)(H,38,39)(H2,22,26,27)(H2,33,34,35)/t13-,15-,16-,20-/m1/s1. The average Bonchev–Trinajstić information content (AvgIpc) is 3.54. The van der Waals surface area contributed by atoms with Crippen LogP contribution in [0.25, 0.3) is 11.2 Å². The summed E-state index contributed by atoms with van der Waals surface area (Å²) in [5, 5.41) is 18.9. The van der Waals surface area contributed by atoms with Crippen molar-refractivity contribution in [2.75, 3.05) is 37.8 Å². The van der Waals surface area contributed by atoms with Crippen molar-refractivity contribution in [1.82, 2.24) is 30.2 Å². The van der Waals surface area contributed by atoms with Crippen molar-refractivity contribution in [3.63, 3.8) is 0 Å². The zero-order valence-corrected chi connectivity index (χ0v) is 26.6. The highest BCUT2D eigenvalue weighted by atomic mass is 31.3. The van der Waals surface area contributed by atoms with E-state index < -0.39 is 66.6 Å². The molecule has 47 heavy (non-hydrogen) atoms. The summed E-state index contributed by atoms with van der Waals surface area (Å²) in [7, 11) is -15.4. The van der Waals surface area contributed by atoms with E-state index in [1.807, 2.05) is 0 Å². The van der Waals surface area contributed by atoms with Gasteiger partial charge in [-0.1, -0.05) is 12.1 Å². The summed E-state index contributed by atoms with van der Waals surface area (Å²) in [6.07, 6.45) is -5.25. The van der Waals surface area contributed by atoms with Crippen molar-refractivity contribution in [3.8, 4) is 0 Å². The van der Waals surface area contributed by atoms with Gasteiger partial charge in [0.15, 0.2) is 23.8 Å². The molecule has 4 rings (SSSR count). The molecule has 3 aromatic rings. The quantitative estimate of drug-likeness (QED) is 0.0752. The Kier molecular flexibility index (Phi) is 11.3. The first-order valence-corrected chi connectivity index (χ1v) is 17.6. The Morgan fingerprint density at radius 2 is 1.72 bits per heavy atom. The van der Waals surface area contributed by atoms with E-state index in [-0.39, 0.29) is 30.1 Å². The van der Waals surface area contributed by atoms with Crippen LogP contribution in [0.1, 0.15) is 16.6 Å². The van der Waals surface area contributed by atoms with Crippen LogP contribution in [0.3, 0.4) is 0 Å². The predicted molar refractivity (Wildman–Crippen MR) is 156 cm³/mol. The molecule has 2 amide bonds. The van der Waals surface area contributed by atoms with E-state index in [2.05, 4.69) is 44.0 Å². The number of aromatic nitrogens is 4. The first-order valence-electron chi connectivity index (χ1n) is 13.0. The lowest BCUT2D eigenvalue weighted by atomic mass is 10.1. The maximum atomic E-state index is 12.7. The van der Waals surface area contributed by atoms with Crippen molar-refractivity contribution in [1.29, 1.82) is 0 Å². The van der Waals surface area contributed by atoms with E-state index in [9.17, 15) is 38.2 Å². The van der Waals surface area contributed by atoms with Gasteiger partial charge in [0.25, 0.3) is 5.91 Å². The number of nitrogen functional groups attached to an aromatic ring is 1. The molecular formula is C21H29N8O15P3. The molecule has 0 saturated carbocycles. The Labute approximate surface area is 263 Å². The number of fused-ring (bicyclic) bond motifs is 1. The van der Waals surface area contributed by atoms with Gasteiger partial charge >= 0.3 is 29.6 Å². The minimum Gasteiger partial charge on any atom is -0.439 e. The van der Waals surface area contributed by atoms with Crippen LogP contribution in [-0.2, 0) is 36.3 Å². The number of aliphatic hydroxyl groups excluding tert-OH is 1. The third kappa shape index (κ3) is 9.51. The molecule has 2 unspecified atom stereocenters. The summed E-state index contributed by atoms with van der Waals surface area (Å²) in [5.41, 5.74) is 6.96. The number of rotatable bonds is 14. The van der Waals surface area contributed by atoms with Gasteiger partial charge in [0.05, 0.1) is 18.5 Å². The number of carbonyl (C=O) groups is 2.